The number of rotatable bonds is 8. The van der Waals surface area contributed by atoms with Gasteiger partial charge in [-0.25, -0.2) is 4.79 Å². The van der Waals surface area contributed by atoms with Crippen LogP contribution in [0.4, 0.5) is 0 Å². The van der Waals surface area contributed by atoms with Crippen molar-refractivity contribution in [2.75, 3.05) is 6.61 Å². The third-order valence-electron chi connectivity index (χ3n) is 6.07. The standard InChI is InChI=1S/C25H24O4S.C7H8O.C2H6/c26-24(21-13-11-20(12-14-21)19-9-5-2-6-10-19)29-23-15-22(30-25(23)27)17-28-16-18-7-3-1-4-8-18;8-6-7-4-2-1-3-5-7;1-2/h1-14,22-23,25,27H,15-17H2;1-5,8H,6H2;1-2H3/t22-,23-,25?;;/m0../s1. The third-order valence-corrected chi connectivity index (χ3v) is 7.37. The van der Waals surface area contributed by atoms with E-state index in [1.54, 1.807) is 12.1 Å². The Labute approximate surface area is 241 Å². The normalized spacial score (nSPS) is 17.6. The number of thioether (sulfide) groups is 1. The molecule has 2 N–H and O–H groups in total. The molecule has 0 aliphatic carbocycles. The van der Waals surface area contributed by atoms with Crippen molar-refractivity contribution < 1.29 is 24.5 Å². The molecule has 5 nitrogen and oxygen atoms in total. The van der Waals surface area contributed by atoms with Crippen LogP contribution in [0.2, 0.25) is 0 Å². The van der Waals surface area contributed by atoms with Gasteiger partial charge in [0.2, 0.25) is 0 Å². The average molecular weight is 559 g/mol. The summed E-state index contributed by atoms with van der Waals surface area (Å²) < 4.78 is 11.4. The highest BCUT2D eigenvalue weighted by atomic mass is 32.2. The first kappa shape index (κ1) is 31.1. The van der Waals surface area contributed by atoms with Crippen molar-refractivity contribution in [1.82, 2.24) is 0 Å². The maximum absolute atomic E-state index is 12.5. The van der Waals surface area contributed by atoms with E-state index in [0.29, 0.717) is 25.2 Å². The Hall–Kier alpha value is -3.42. The summed E-state index contributed by atoms with van der Waals surface area (Å²) in [4.78, 5) is 12.5. The van der Waals surface area contributed by atoms with Crippen LogP contribution in [-0.4, -0.2) is 39.6 Å². The predicted octanol–water partition coefficient (Wildman–Crippen LogP) is 7.12. The fraction of sp³-hybridized carbons (Fsp3) is 0.265. The lowest BCUT2D eigenvalue weighted by atomic mass is 10.0. The van der Waals surface area contributed by atoms with Gasteiger partial charge in [0.15, 0.2) is 0 Å². The SMILES string of the molecule is CC.O=C(O[C@H]1C[C@@H](COCc2ccccc2)SC1O)c1ccc(-c2ccccc2)cc1.OCc1ccccc1. The second-order valence-electron chi connectivity index (χ2n) is 8.92. The van der Waals surface area contributed by atoms with Gasteiger partial charge in [0, 0.05) is 11.7 Å². The second-order valence-corrected chi connectivity index (χ2v) is 10.3. The molecule has 1 aliphatic rings. The molecule has 0 bridgehead atoms. The molecular formula is C34H38O5S. The van der Waals surface area contributed by atoms with Gasteiger partial charge in [0.1, 0.15) is 11.5 Å². The zero-order valence-corrected chi connectivity index (χ0v) is 23.9. The fourth-order valence-electron chi connectivity index (χ4n) is 4.03. The Morgan fingerprint density at radius 1 is 0.775 bits per heavy atom. The van der Waals surface area contributed by atoms with Crippen LogP contribution in [0.1, 0.15) is 41.8 Å². The lowest BCUT2D eigenvalue weighted by molar-refractivity contribution is 0.00620. The van der Waals surface area contributed by atoms with Crippen LogP contribution in [-0.2, 0) is 22.7 Å². The molecule has 0 aromatic heterocycles. The van der Waals surface area contributed by atoms with E-state index in [4.69, 9.17) is 14.6 Å². The van der Waals surface area contributed by atoms with Crippen molar-refractivity contribution in [3.8, 4) is 11.1 Å². The second kappa shape index (κ2) is 17.3. The van der Waals surface area contributed by atoms with Crippen LogP contribution in [0.25, 0.3) is 11.1 Å². The number of aliphatic hydroxyl groups is 2. The monoisotopic (exact) mass is 558 g/mol. The maximum atomic E-state index is 12.5. The summed E-state index contributed by atoms with van der Waals surface area (Å²) in [7, 11) is 0. The minimum atomic E-state index is -0.733. The highest BCUT2D eigenvalue weighted by molar-refractivity contribution is 8.00. The van der Waals surface area contributed by atoms with Crippen molar-refractivity contribution >= 4 is 17.7 Å². The molecule has 210 valence electrons. The molecule has 1 aliphatic heterocycles. The summed E-state index contributed by atoms with van der Waals surface area (Å²) in [6.45, 7) is 5.18. The number of hydrogen-bond acceptors (Lipinski definition) is 6. The zero-order valence-electron chi connectivity index (χ0n) is 23.1. The minimum Gasteiger partial charge on any atom is -0.455 e. The van der Waals surface area contributed by atoms with Crippen LogP contribution in [0.15, 0.2) is 115 Å². The van der Waals surface area contributed by atoms with E-state index in [9.17, 15) is 9.90 Å². The van der Waals surface area contributed by atoms with Gasteiger partial charge in [0.25, 0.3) is 0 Å². The molecular weight excluding hydrogens is 520 g/mol. The third kappa shape index (κ3) is 9.96. The van der Waals surface area contributed by atoms with Gasteiger partial charge < -0.3 is 19.7 Å². The van der Waals surface area contributed by atoms with Gasteiger partial charge in [-0.3, -0.25) is 0 Å². The number of carbonyl (C=O) groups excluding carboxylic acids is 1. The molecule has 0 radical (unpaired) electrons. The first-order valence-corrected chi connectivity index (χ1v) is 14.5. The number of benzene rings is 4. The number of hydrogen-bond donors (Lipinski definition) is 2. The van der Waals surface area contributed by atoms with Crippen LogP contribution in [0.5, 0.6) is 0 Å². The summed E-state index contributed by atoms with van der Waals surface area (Å²) in [6.07, 6.45) is 0.0516. The fourth-order valence-corrected chi connectivity index (χ4v) is 5.24. The topological polar surface area (TPSA) is 76.0 Å². The van der Waals surface area contributed by atoms with Crippen molar-refractivity contribution in [3.63, 3.8) is 0 Å². The summed E-state index contributed by atoms with van der Waals surface area (Å²) in [6, 6.07) is 36.8. The first-order chi connectivity index (χ1) is 19.6. The van der Waals surface area contributed by atoms with Crippen LogP contribution in [0.3, 0.4) is 0 Å². The van der Waals surface area contributed by atoms with E-state index in [1.165, 1.54) is 11.8 Å². The number of aliphatic hydroxyl groups excluding tert-OH is 2. The lowest BCUT2D eigenvalue weighted by Crippen LogP contribution is -2.25. The Morgan fingerprint density at radius 3 is 1.85 bits per heavy atom. The Morgan fingerprint density at radius 2 is 1.30 bits per heavy atom. The number of carbonyl (C=O) groups is 1. The number of esters is 1. The van der Waals surface area contributed by atoms with Gasteiger partial charge in [-0.05, 0) is 34.4 Å². The molecule has 1 heterocycles. The van der Waals surface area contributed by atoms with E-state index in [1.807, 2.05) is 117 Å². The molecule has 4 aromatic carbocycles. The van der Waals surface area contributed by atoms with Gasteiger partial charge in [-0.15, -0.1) is 11.8 Å². The van der Waals surface area contributed by atoms with E-state index in [2.05, 4.69) is 0 Å². The smallest absolute Gasteiger partial charge is 0.338 e. The van der Waals surface area contributed by atoms with Crippen LogP contribution >= 0.6 is 11.8 Å². The molecule has 6 heteroatoms. The van der Waals surface area contributed by atoms with Gasteiger partial charge in [0.05, 0.1) is 25.4 Å². The molecule has 0 saturated carbocycles. The lowest BCUT2D eigenvalue weighted by Gasteiger charge is -2.15. The molecule has 3 atom stereocenters. The van der Waals surface area contributed by atoms with E-state index >= 15 is 0 Å². The van der Waals surface area contributed by atoms with Gasteiger partial charge in [-0.1, -0.05) is 117 Å². The molecule has 40 heavy (non-hydrogen) atoms. The van der Waals surface area contributed by atoms with Gasteiger partial charge >= 0.3 is 5.97 Å². The predicted molar refractivity (Wildman–Crippen MR) is 163 cm³/mol. The maximum Gasteiger partial charge on any atom is 0.338 e. The average Bonchev–Trinajstić information content (AvgIpc) is 3.38. The molecule has 1 saturated heterocycles. The molecule has 0 spiro atoms. The summed E-state index contributed by atoms with van der Waals surface area (Å²) in [5.74, 6) is -0.412. The van der Waals surface area contributed by atoms with Gasteiger partial charge in [-0.2, -0.15) is 0 Å². The van der Waals surface area contributed by atoms with E-state index in [-0.39, 0.29) is 11.9 Å². The summed E-state index contributed by atoms with van der Waals surface area (Å²) in [5.41, 5.74) is 3.96. The molecule has 5 rings (SSSR count). The molecule has 1 fully saturated rings. The molecule has 1 unspecified atom stereocenters. The van der Waals surface area contributed by atoms with Crippen molar-refractivity contribution in [2.45, 2.75) is 50.3 Å². The molecule has 0 amide bonds. The van der Waals surface area contributed by atoms with E-state index in [0.717, 1.165) is 22.3 Å². The number of ether oxygens (including phenoxy) is 2. The van der Waals surface area contributed by atoms with Crippen molar-refractivity contribution in [3.05, 3.63) is 132 Å². The Bertz CT molecular complexity index is 1230. The highest BCUT2D eigenvalue weighted by Gasteiger charge is 2.36. The Balaban J connectivity index is 0.000000376. The highest BCUT2D eigenvalue weighted by Crippen LogP contribution is 2.35. The van der Waals surface area contributed by atoms with Crippen molar-refractivity contribution in [2.24, 2.45) is 0 Å². The first-order valence-electron chi connectivity index (χ1n) is 13.6. The summed E-state index contributed by atoms with van der Waals surface area (Å²) >= 11 is 1.40. The Kier molecular flexibility index (Phi) is 13.5. The quantitative estimate of drug-likeness (QED) is 0.224. The van der Waals surface area contributed by atoms with Crippen LogP contribution in [0, 0.1) is 0 Å². The molecule has 4 aromatic rings. The largest absolute Gasteiger partial charge is 0.455 e. The summed E-state index contributed by atoms with van der Waals surface area (Å²) in [5, 5.41) is 18.9. The van der Waals surface area contributed by atoms with Crippen molar-refractivity contribution in [1.29, 1.82) is 0 Å². The minimum absolute atomic E-state index is 0.0990. The van der Waals surface area contributed by atoms with E-state index < -0.39 is 17.5 Å². The zero-order chi connectivity index (χ0) is 28.6. The van der Waals surface area contributed by atoms with Crippen LogP contribution < -0.4 is 0 Å².